The van der Waals surface area contributed by atoms with Gasteiger partial charge in [-0.25, -0.2) is 8.78 Å². The lowest BCUT2D eigenvalue weighted by Gasteiger charge is -2.22. The normalized spacial score (nSPS) is 16.8. The molecular weight excluding hydrogens is 341 g/mol. The molecule has 0 saturated carbocycles. The molecule has 7 heteroatoms. The number of rotatable bonds is 4. The highest BCUT2D eigenvalue weighted by Gasteiger charge is 2.40. The Kier molecular flexibility index (Phi) is 4.81. The maximum atomic E-state index is 14.0. The molecule has 1 fully saturated rings. The smallest absolute Gasteiger partial charge is 0.455 e. The average Bonchev–Trinajstić information content (AvgIpc) is 2.89. The molecule has 1 saturated heterocycles. The first-order chi connectivity index (χ1) is 12.0. The van der Waals surface area contributed by atoms with Gasteiger partial charge in [-0.15, -0.1) is 0 Å². The van der Waals surface area contributed by atoms with Crippen LogP contribution in [0.25, 0.3) is 0 Å². The van der Waals surface area contributed by atoms with Crippen LogP contribution in [0.1, 0.15) is 33.3 Å². The van der Waals surface area contributed by atoms with E-state index in [1.807, 2.05) is 13.8 Å². The summed E-state index contributed by atoms with van der Waals surface area (Å²) < 4.78 is 44.4. The van der Waals surface area contributed by atoms with Gasteiger partial charge in [-0.05, 0) is 51.5 Å². The topological polar surface area (TPSA) is 47.9 Å². The number of benzene rings is 2. The molecule has 1 heterocycles. The van der Waals surface area contributed by atoms with Gasteiger partial charge >= 0.3 is 7.12 Å². The molecule has 1 aliphatic rings. The van der Waals surface area contributed by atoms with Crippen LogP contribution in [-0.2, 0) is 14.9 Å². The Morgan fingerprint density at radius 2 is 1.81 bits per heavy atom. The van der Waals surface area contributed by atoms with Crippen molar-refractivity contribution in [1.82, 2.24) is 0 Å². The maximum absolute atomic E-state index is 14.0. The zero-order chi connectivity index (χ0) is 19.1. The van der Waals surface area contributed by atoms with Crippen LogP contribution in [0.15, 0.2) is 36.4 Å². The third kappa shape index (κ3) is 4.06. The number of hydrogen-bond acceptors (Lipinski definition) is 4. The monoisotopic (exact) mass is 362 g/mol. The minimum absolute atomic E-state index is 0.110. The van der Waals surface area contributed by atoms with Crippen LogP contribution in [0.2, 0.25) is 0 Å². The van der Waals surface area contributed by atoms with E-state index in [0.29, 0.717) is 23.4 Å². The standard InChI is InChI=1S/C19H21BF2O4/c1-18(2)11-24-20(26-18)14-9-12(19(3,4)23)5-7-16(14)25-17-8-6-13(21)10-15(17)22/h5-10,23H,11H2,1-4H3. The Hall–Kier alpha value is -1.96. The van der Waals surface area contributed by atoms with E-state index in [4.69, 9.17) is 14.0 Å². The molecule has 4 nitrogen and oxygen atoms in total. The van der Waals surface area contributed by atoms with E-state index in [2.05, 4.69) is 0 Å². The maximum Gasteiger partial charge on any atom is 0.498 e. The summed E-state index contributed by atoms with van der Waals surface area (Å²) in [6.07, 6.45) is 0. The second kappa shape index (κ2) is 6.65. The minimum atomic E-state index is -1.08. The Bertz CT molecular complexity index is 818. The molecule has 0 amide bonds. The lowest BCUT2D eigenvalue weighted by Crippen LogP contribution is -2.36. The van der Waals surface area contributed by atoms with Gasteiger partial charge < -0.3 is 19.2 Å². The summed E-state index contributed by atoms with van der Waals surface area (Å²) in [6, 6.07) is 8.10. The molecule has 0 unspecified atom stereocenters. The van der Waals surface area contributed by atoms with Crippen LogP contribution < -0.4 is 10.2 Å². The first-order valence-corrected chi connectivity index (χ1v) is 8.34. The van der Waals surface area contributed by atoms with Gasteiger partial charge in [-0.3, -0.25) is 0 Å². The fraction of sp³-hybridized carbons (Fsp3) is 0.368. The molecule has 0 spiro atoms. The SMILES string of the molecule is CC1(C)COB(c2cc(C(C)(C)O)ccc2Oc2ccc(F)cc2F)O1. The van der Waals surface area contributed by atoms with E-state index >= 15 is 0 Å². The van der Waals surface area contributed by atoms with E-state index in [-0.39, 0.29) is 5.75 Å². The van der Waals surface area contributed by atoms with Crippen LogP contribution in [0.5, 0.6) is 11.5 Å². The number of hydrogen-bond donors (Lipinski definition) is 1. The zero-order valence-electron chi connectivity index (χ0n) is 15.2. The summed E-state index contributed by atoms with van der Waals surface area (Å²) in [5.41, 5.74) is -0.397. The summed E-state index contributed by atoms with van der Waals surface area (Å²) in [5.74, 6) is -1.29. The summed E-state index contributed by atoms with van der Waals surface area (Å²) in [6.45, 7) is 7.49. The predicted molar refractivity (Wildman–Crippen MR) is 94.6 cm³/mol. The van der Waals surface area contributed by atoms with Crippen molar-refractivity contribution in [3.8, 4) is 11.5 Å². The van der Waals surface area contributed by atoms with Crippen molar-refractivity contribution in [2.45, 2.75) is 38.9 Å². The van der Waals surface area contributed by atoms with Gasteiger partial charge in [0.25, 0.3) is 0 Å². The van der Waals surface area contributed by atoms with Gasteiger partial charge in [-0.1, -0.05) is 12.1 Å². The molecule has 138 valence electrons. The molecule has 3 rings (SSSR count). The number of aliphatic hydroxyl groups is 1. The Morgan fingerprint density at radius 3 is 2.38 bits per heavy atom. The van der Waals surface area contributed by atoms with E-state index in [0.717, 1.165) is 12.1 Å². The van der Waals surface area contributed by atoms with Gasteiger partial charge in [0, 0.05) is 11.5 Å². The molecule has 1 N–H and O–H groups in total. The van der Waals surface area contributed by atoms with Gasteiger partial charge in [0.05, 0.1) is 17.8 Å². The fourth-order valence-corrected chi connectivity index (χ4v) is 2.67. The first-order valence-electron chi connectivity index (χ1n) is 8.34. The molecule has 0 aliphatic carbocycles. The average molecular weight is 362 g/mol. The first kappa shape index (κ1) is 18.8. The Balaban J connectivity index is 2.01. The van der Waals surface area contributed by atoms with Crippen LogP contribution in [-0.4, -0.2) is 24.4 Å². The van der Waals surface area contributed by atoms with Crippen molar-refractivity contribution in [2.75, 3.05) is 6.61 Å². The van der Waals surface area contributed by atoms with E-state index in [1.54, 1.807) is 32.0 Å². The van der Waals surface area contributed by atoms with Crippen LogP contribution >= 0.6 is 0 Å². The third-order valence-corrected chi connectivity index (χ3v) is 4.09. The Labute approximate surface area is 151 Å². The van der Waals surface area contributed by atoms with E-state index in [1.165, 1.54) is 6.07 Å². The van der Waals surface area contributed by atoms with Crippen molar-refractivity contribution in [2.24, 2.45) is 0 Å². The molecular formula is C19H21BF2O4. The molecule has 0 radical (unpaired) electrons. The quantitative estimate of drug-likeness (QED) is 0.846. The van der Waals surface area contributed by atoms with Gasteiger partial charge in [0.2, 0.25) is 0 Å². The number of halogens is 2. The molecule has 2 aromatic rings. The van der Waals surface area contributed by atoms with Crippen LogP contribution in [0.4, 0.5) is 8.78 Å². The van der Waals surface area contributed by atoms with Gasteiger partial charge in [0.1, 0.15) is 11.6 Å². The highest BCUT2D eigenvalue weighted by Crippen LogP contribution is 2.29. The van der Waals surface area contributed by atoms with Crippen molar-refractivity contribution in [1.29, 1.82) is 0 Å². The molecule has 0 atom stereocenters. The molecule has 0 bridgehead atoms. The number of ether oxygens (including phenoxy) is 1. The molecule has 26 heavy (non-hydrogen) atoms. The van der Waals surface area contributed by atoms with Gasteiger partial charge in [-0.2, -0.15) is 0 Å². The summed E-state index contributed by atoms with van der Waals surface area (Å²) in [5, 5.41) is 10.3. The largest absolute Gasteiger partial charge is 0.498 e. The second-order valence-electron chi connectivity index (χ2n) is 7.51. The van der Waals surface area contributed by atoms with Crippen molar-refractivity contribution in [3.05, 3.63) is 53.6 Å². The van der Waals surface area contributed by atoms with Gasteiger partial charge in [0.15, 0.2) is 11.6 Å². The van der Waals surface area contributed by atoms with E-state index < -0.39 is 30.0 Å². The molecule has 1 aliphatic heterocycles. The van der Waals surface area contributed by atoms with Crippen LogP contribution in [0, 0.1) is 11.6 Å². The Morgan fingerprint density at radius 1 is 1.12 bits per heavy atom. The predicted octanol–water partition coefficient (Wildman–Crippen LogP) is 3.51. The zero-order valence-corrected chi connectivity index (χ0v) is 15.2. The van der Waals surface area contributed by atoms with Crippen molar-refractivity contribution in [3.63, 3.8) is 0 Å². The second-order valence-corrected chi connectivity index (χ2v) is 7.51. The molecule has 0 aromatic heterocycles. The minimum Gasteiger partial charge on any atom is -0.455 e. The summed E-state index contributed by atoms with van der Waals surface area (Å²) >= 11 is 0. The summed E-state index contributed by atoms with van der Waals surface area (Å²) in [4.78, 5) is 0. The molecule has 2 aromatic carbocycles. The fourth-order valence-electron chi connectivity index (χ4n) is 2.67. The van der Waals surface area contributed by atoms with Crippen molar-refractivity contribution < 1.29 is 27.9 Å². The summed E-state index contributed by atoms with van der Waals surface area (Å²) in [7, 11) is -0.717. The highest BCUT2D eigenvalue weighted by molar-refractivity contribution is 6.63. The van der Waals surface area contributed by atoms with Crippen LogP contribution in [0.3, 0.4) is 0 Å². The lowest BCUT2D eigenvalue weighted by atomic mass is 9.76. The highest BCUT2D eigenvalue weighted by atomic mass is 19.1. The lowest BCUT2D eigenvalue weighted by molar-refractivity contribution is 0.0786. The van der Waals surface area contributed by atoms with E-state index in [9.17, 15) is 13.9 Å². The third-order valence-electron chi connectivity index (χ3n) is 4.09. The van der Waals surface area contributed by atoms with Crippen molar-refractivity contribution >= 4 is 12.6 Å².